The highest BCUT2D eigenvalue weighted by molar-refractivity contribution is 5.89. The lowest BCUT2D eigenvalue weighted by atomic mass is 10.1. The Bertz CT molecular complexity index is 675. The van der Waals surface area contributed by atoms with Gasteiger partial charge in [0.2, 0.25) is 0 Å². The van der Waals surface area contributed by atoms with Crippen LogP contribution in [0, 0.1) is 15.5 Å². The normalized spacial score (nSPS) is 9.67. The summed E-state index contributed by atoms with van der Waals surface area (Å²) in [6.45, 7) is 11.8. The summed E-state index contributed by atoms with van der Waals surface area (Å²) in [5.74, 6) is 0.200. The Hall–Kier alpha value is -2.37. The molecular weight excluding hydrogens is 306 g/mol. The van der Waals surface area contributed by atoms with Gasteiger partial charge in [-0.25, -0.2) is 0 Å². The third-order valence-corrected chi connectivity index (χ3v) is 3.00. The first kappa shape index (κ1) is 21.6. The summed E-state index contributed by atoms with van der Waals surface area (Å²) in [7, 11) is 1.84. The van der Waals surface area contributed by atoms with Crippen molar-refractivity contribution in [2.75, 3.05) is 0 Å². The lowest BCUT2D eigenvalue weighted by Gasteiger charge is -2.09. The highest BCUT2D eigenvalue weighted by Gasteiger charge is 2.14. The number of rotatable bonds is 4. The molecule has 0 aliphatic carbocycles. The minimum absolute atomic E-state index is 0.0291. The van der Waals surface area contributed by atoms with E-state index in [-0.39, 0.29) is 17.7 Å². The van der Waals surface area contributed by atoms with Crippen LogP contribution in [0.25, 0.3) is 10.9 Å². The van der Waals surface area contributed by atoms with Crippen molar-refractivity contribution in [3.63, 3.8) is 0 Å². The lowest BCUT2D eigenvalue weighted by Crippen LogP contribution is -2.12. The maximum Gasteiger partial charge on any atom is 0.271 e. The quantitative estimate of drug-likeness (QED) is 0.366. The number of benzene rings is 1. The molecule has 1 aromatic heterocycles. The first-order valence-electron chi connectivity index (χ1n) is 8.35. The molecule has 6 heteroatoms. The lowest BCUT2D eigenvalue weighted by molar-refractivity contribution is -0.384. The van der Waals surface area contributed by atoms with Crippen LogP contribution in [0.1, 0.15) is 47.1 Å². The number of non-ortho nitro benzene ring substituents is 1. The van der Waals surface area contributed by atoms with Crippen molar-refractivity contribution >= 4 is 22.5 Å². The van der Waals surface area contributed by atoms with Gasteiger partial charge in [-0.05, 0) is 25.5 Å². The largest absolute Gasteiger partial charge is 0.478 e. The third-order valence-electron chi connectivity index (χ3n) is 3.00. The summed E-state index contributed by atoms with van der Waals surface area (Å²) in [4.78, 5) is 10.4. The number of fused-ring (bicyclic) bond motifs is 1. The van der Waals surface area contributed by atoms with Gasteiger partial charge in [0.05, 0.1) is 23.0 Å². The molecule has 2 aromatic rings. The number of aryl methyl sites for hydroxylation is 1. The molecule has 1 aromatic carbocycles. The van der Waals surface area contributed by atoms with E-state index in [1.165, 1.54) is 6.07 Å². The van der Waals surface area contributed by atoms with Gasteiger partial charge >= 0.3 is 0 Å². The van der Waals surface area contributed by atoms with Gasteiger partial charge in [0.15, 0.2) is 5.90 Å². The predicted molar refractivity (Wildman–Crippen MR) is 99.9 cm³/mol. The molecule has 0 spiro atoms. The Labute approximate surface area is 144 Å². The van der Waals surface area contributed by atoms with Crippen molar-refractivity contribution in [2.45, 2.75) is 54.1 Å². The van der Waals surface area contributed by atoms with E-state index < -0.39 is 4.92 Å². The standard InChI is InChI=1S/C14H17N3O3.2C2H6/c1-9(2)20-14(15)6-10-8-16(3)13-7-11(17(18)19)4-5-12(10)13;2*1-2/h4-5,7-9,15H,6H2,1-3H3;2*1-2H3. The monoisotopic (exact) mass is 335 g/mol. The molecule has 0 aliphatic rings. The van der Waals surface area contributed by atoms with E-state index in [0.29, 0.717) is 6.42 Å². The molecular formula is C18H29N3O3. The first-order chi connectivity index (χ1) is 11.4. The number of nitro groups is 1. The zero-order valence-electron chi connectivity index (χ0n) is 15.7. The molecule has 0 saturated heterocycles. The van der Waals surface area contributed by atoms with E-state index in [2.05, 4.69) is 0 Å². The van der Waals surface area contributed by atoms with Crippen LogP contribution in [0.5, 0.6) is 0 Å². The van der Waals surface area contributed by atoms with Crippen LogP contribution in [0.15, 0.2) is 24.4 Å². The number of hydrogen-bond acceptors (Lipinski definition) is 4. The van der Waals surface area contributed by atoms with Gasteiger partial charge in [0.1, 0.15) is 0 Å². The molecule has 0 aliphatic heterocycles. The summed E-state index contributed by atoms with van der Waals surface area (Å²) in [6.07, 6.45) is 2.23. The van der Waals surface area contributed by atoms with E-state index >= 15 is 0 Å². The molecule has 0 radical (unpaired) electrons. The summed E-state index contributed by atoms with van der Waals surface area (Å²) in [5.41, 5.74) is 1.79. The number of nitrogens with zero attached hydrogens (tertiary/aromatic N) is 2. The molecule has 6 nitrogen and oxygen atoms in total. The number of hydrogen-bond donors (Lipinski definition) is 1. The van der Waals surface area contributed by atoms with Crippen LogP contribution in [0.3, 0.4) is 0 Å². The Balaban J connectivity index is 0.00000123. The molecule has 1 heterocycles. The second kappa shape index (κ2) is 10.4. The second-order valence-corrected chi connectivity index (χ2v) is 4.99. The van der Waals surface area contributed by atoms with Crippen molar-refractivity contribution < 1.29 is 9.66 Å². The Kier molecular flexibility index (Phi) is 9.38. The Morgan fingerprint density at radius 3 is 2.38 bits per heavy atom. The Morgan fingerprint density at radius 2 is 1.88 bits per heavy atom. The molecule has 0 saturated carbocycles. The van der Waals surface area contributed by atoms with E-state index in [1.54, 1.807) is 12.1 Å². The Morgan fingerprint density at radius 1 is 1.29 bits per heavy atom. The van der Waals surface area contributed by atoms with Gasteiger partial charge in [-0.15, -0.1) is 0 Å². The fourth-order valence-corrected chi connectivity index (χ4v) is 2.21. The van der Waals surface area contributed by atoms with E-state index in [4.69, 9.17) is 10.1 Å². The van der Waals surface area contributed by atoms with Gasteiger partial charge < -0.3 is 9.30 Å². The maximum absolute atomic E-state index is 10.8. The summed E-state index contributed by atoms with van der Waals surface area (Å²) >= 11 is 0. The topological polar surface area (TPSA) is 81.1 Å². The highest BCUT2D eigenvalue weighted by atomic mass is 16.6. The molecule has 0 bridgehead atoms. The summed E-state index contributed by atoms with van der Waals surface area (Å²) < 4.78 is 7.17. The van der Waals surface area contributed by atoms with Crippen LogP contribution in [0.4, 0.5) is 5.69 Å². The molecule has 1 N–H and O–H groups in total. The highest BCUT2D eigenvalue weighted by Crippen LogP contribution is 2.25. The minimum atomic E-state index is -0.407. The van der Waals surface area contributed by atoms with Crippen LogP contribution in [-0.4, -0.2) is 21.5 Å². The van der Waals surface area contributed by atoms with Crippen molar-refractivity contribution in [1.29, 1.82) is 5.41 Å². The smallest absolute Gasteiger partial charge is 0.271 e. The van der Waals surface area contributed by atoms with Crippen molar-refractivity contribution in [3.05, 3.63) is 40.1 Å². The average molecular weight is 335 g/mol. The van der Waals surface area contributed by atoms with Crippen molar-refractivity contribution in [2.24, 2.45) is 7.05 Å². The van der Waals surface area contributed by atoms with Crippen LogP contribution in [0.2, 0.25) is 0 Å². The first-order valence-corrected chi connectivity index (χ1v) is 8.35. The fraction of sp³-hybridized carbons (Fsp3) is 0.500. The van der Waals surface area contributed by atoms with Crippen LogP contribution < -0.4 is 0 Å². The molecule has 0 unspecified atom stereocenters. The molecule has 0 amide bonds. The van der Waals surface area contributed by atoms with Gasteiger partial charge in [-0.3, -0.25) is 15.5 Å². The van der Waals surface area contributed by atoms with Crippen LogP contribution >= 0.6 is 0 Å². The zero-order chi connectivity index (χ0) is 18.9. The summed E-state index contributed by atoms with van der Waals surface area (Å²) in [6, 6.07) is 4.76. The SMILES string of the molecule is CC.CC.CC(C)OC(=N)Cc1cn(C)c2cc([N+](=O)[O-])ccc12. The number of nitrogens with one attached hydrogen (secondary N) is 1. The molecule has 0 fully saturated rings. The van der Waals surface area contributed by atoms with Gasteiger partial charge in [0, 0.05) is 30.8 Å². The minimum Gasteiger partial charge on any atom is -0.478 e. The zero-order valence-corrected chi connectivity index (χ0v) is 15.7. The third kappa shape index (κ3) is 5.68. The molecule has 0 atom stereocenters. The van der Waals surface area contributed by atoms with Crippen molar-refractivity contribution in [1.82, 2.24) is 4.57 Å². The molecule has 134 valence electrons. The number of nitro benzene ring substituents is 1. The van der Waals surface area contributed by atoms with E-state index in [0.717, 1.165) is 16.5 Å². The average Bonchev–Trinajstić information content (AvgIpc) is 2.86. The van der Waals surface area contributed by atoms with E-state index in [9.17, 15) is 10.1 Å². The molecule has 2 rings (SSSR count). The predicted octanol–water partition coefficient (Wildman–Crippen LogP) is 5.08. The maximum atomic E-state index is 10.8. The van der Waals surface area contributed by atoms with Gasteiger partial charge in [0.25, 0.3) is 5.69 Å². The van der Waals surface area contributed by atoms with Gasteiger partial charge in [-0.2, -0.15) is 0 Å². The van der Waals surface area contributed by atoms with E-state index in [1.807, 2.05) is 59.4 Å². The number of ether oxygens (including phenoxy) is 1. The fourth-order valence-electron chi connectivity index (χ4n) is 2.21. The van der Waals surface area contributed by atoms with Gasteiger partial charge in [-0.1, -0.05) is 27.7 Å². The molecule has 24 heavy (non-hydrogen) atoms. The summed E-state index contributed by atoms with van der Waals surface area (Å²) in [5, 5.41) is 19.5. The second-order valence-electron chi connectivity index (χ2n) is 4.99. The van der Waals surface area contributed by atoms with Crippen LogP contribution in [-0.2, 0) is 18.2 Å². The van der Waals surface area contributed by atoms with Crippen molar-refractivity contribution in [3.8, 4) is 0 Å². The number of aromatic nitrogens is 1.